The molecule has 7 heteroatoms. The first-order valence-corrected chi connectivity index (χ1v) is 5.69. The Morgan fingerprint density at radius 2 is 2.17 bits per heavy atom. The summed E-state index contributed by atoms with van der Waals surface area (Å²) >= 11 is 0. The molecule has 2 aliphatic heterocycles. The summed E-state index contributed by atoms with van der Waals surface area (Å²) in [5.74, 6) is -0.481. The Hall–Kier alpha value is -2.31. The van der Waals surface area contributed by atoms with Crippen LogP contribution in [0.1, 0.15) is 12.8 Å². The van der Waals surface area contributed by atoms with Gasteiger partial charge in [0.05, 0.1) is 12.5 Å². The molecule has 1 saturated carbocycles. The minimum Gasteiger partial charge on any atom is -0.312 e. The number of aromatic nitrogens is 4. The van der Waals surface area contributed by atoms with Crippen molar-refractivity contribution < 1.29 is 9.59 Å². The van der Waals surface area contributed by atoms with Crippen LogP contribution in [0.25, 0.3) is 11.2 Å². The lowest BCUT2D eigenvalue weighted by Gasteiger charge is -2.50. The van der Waals surface area contributed by atoms with Gasteiger partial charge in [-0.05, 0) is 12.8 Å². The molecule has 2 saturated heterocycles. The molecule has 2 amide bonds. The van der Waals surface area contributed by atoms with Gasteiger partial charge < -0.3 is 4.57 Å². The van der Waals surface area contributed by atoms with Crippen LogP contribution in [-0.2, 0) is 15.1 Å². The van der Waals surface area contributed by atoms with Crippen LogP contribution in [0.3, 0.4) is 0 Å². The van der Waals surface area contributed by atoms with Gasteiger partial charge in [-0.25, -0.2) is 15.0 Å². The minimum absolute atomic E-state index is 0.0650. The molecule has 4 heterocycles. The first kappa shape index (κ1) is 9.69. The number of piperidine rings is 2. The highest BCUT2D eigenvalue weighted by Gasteiger charge is 2.59. The van der Waals surface area contributed by atoms with Crippen molar-refractivity contribution in [1.82, 2.24) is 24.8 Å². The summed E-state index contributed by atoms with van der Waals surface area (Å²) in [5, 5.41) is 2.41. The van der Waals surface area contributed by atoms with Gasteiger partial charge >= 0.3 is 0 Å². The number of carbonyl (C=O) groups is 2. The van der Waals surface area contributed by atoms with Gasteiger partial charge in [0.15, 0.2) is 5.65 Å². The van der Waals surface area contributed by atoms with E-state index in [1.54, 1.807) is 17.1 Å². The summed E-state index contributed by atoms with van der Waals surface area (Å²) in [4.78, 5) is 35.7. The lowest BCUT2D eigenvalue weighted by molar-refractivity contribution is -0.156. The van der Waals surface area contributed by atoms with Crippen LogP contribution >= 0.6 is 0 Å². The van der Waals surface area contributed by atoms with Gasteiger partial charge in [0, 0.05) is 5.92 Å². The molecule has 0 unspecified atom stereocenters. The van der Waals surface area contributed by atoms with Gasteiger partial charge in [-0.15, -0.1) is 0 Å². The Balaban J connectivity index is 1.89. The van der Waals surface area contributed by atoms with Crippen LogP contribution in [0.4, 0.5) is 0 Å². The molecular formula is C11H9N5O2. The lowest BCUT2D eigenvalue weighted by Crippen LogP contribution is -2.66. The van der Waals surface area contributed by atoms with Crippen LogP contribution < -0.4 is 5.32 Å². The fourth-order valence-electron chi connectivity index (χ4n) is 2.86. The Morgan fingerprint density at radius 3 is 2.94 bits per heavy atom. The van der Waals surface area contributed by atoms with Crippen LogP contribution in [-0.4, -0.2) is 31.3 Å². The third-order valence-corrected chi connectivity index (χ3v) is 3.89. The van der Waals surface area contributed by atoms with E-state index >= 15 is 0 Å². The topological polar surface area (TPSA) is 89.8 Å². The summed E-state index contributed by atoms with van der Waals surface area (Å²) in [6.45, 7) is 0. The second kappa shape index (κ2) is 2.92. The highest BCUT2D eigenvalue weighted by atomic mass is 16.2. The molecule has 90 valence electrons. The molecule has 7 nitrogen and oxygen atoms in total. The summed E-state index contributed by atoms with van der Waals surface area (Å²) < 4.78 is 1.79. The van der Waals surface area contributed by atoms with Crippen molar-refractivity contribution in [3.8, 4) is 0 Å². The van der Waals surface area contributed by atoms with E-state index in [-0.39, 0.29) is 17.7 Å². The molecule has 3 aliphatic rings. The third kappa shape index (κ3) is 0.969. The third-order valence-electron chi connectivity index (χ3n) is 3.89. The van der Waals surface area contributed by atoms with E-state index in [9.17, 15) is 9.59 Å². The highest BCUT2D eigenvalue weighted by molar-refractivity contribution is 6.06. The molecule has 2 aromatic heterocycles. The van der Waals surface area contributed by atoms with Crippen LogP contribution in [0, 0.1) is 5.92 Å². The summed E-state index contributed by atoms with van der Waals surface area (Å²) in [5.41, 5.74) is 0.603. The van der Waals surface area contributed by atoms with E-state index in [2.05, 4.69) is 20.3 Å². The monoisotopic (exact) mass is 243 g/mol. The van der Waals surface area contributed by atoms with E-state index in [0.29, 0.717) is 18.5 Å². The second-order valence-corrected chi connectivity index (χ2v) is 4.80. The summed E-state index contributed by atoms with van der Waals surface area (Å²) in [7, 11) is 0. The number of nitrogens with zero attached hydrogens (tertiary/aromatic N) is 4. The molecule has 2 bridgehead atoms. The number of nitrogens with one attached hydrogen (secondary N) is 1. The number of amides is 2. The standard InChI is InChI=1S/C11H9N5O2/c17-9-6-1-11(2-6,10(18)15-9)16-5-14-8-7(16)3-12-4-13-8/h3-6H,1-2H2,(H,15,17,18). The van der Waals surface area contributed by atoms with E-state index in [1.165, 1.54) is 6.33 Å². The highest BCUT2D eigenvalue weighted by Crippen LogP contribution is 2.48. The Bertz CT molecular complexity index is 686. The fraction of sp³-hybridized carbons (Fsp3) is 0.364. The zero-order valence-electron chi connectivity index (χ0n) is 9.33. The number of imide groups is 1. The fourth-order valence-corrected chi connectivity index (χ4v) is 2.86. The maximum atomic E-state index is 12.1. The van der Waals surface area contributed by atoms with Gasteiger partial charge in [0.1, 0.15) is 17.4 Å². The zero-order valence-corrected chi connectivity index (χ0v) is 9.33. The quantitative estimate of drug-likeness (QED) is 0.687. The van der Waals surface area contributed by atoms with Crippen LogP contribution in [0.2, 0.25) is 0 Å². The molecule has 2 aromatic rings. The van der Waals surface area contributed by atoms with Crippen molar-refractivity contribution in [3.05, 3.63) is 18.9 Å². The van der Waals surface area contributed by atoms with E-state index < -0.39 is 5.54 Å². The van der Waals surface area contributed by atoms with Gasteiger partial charge in [0.25, 0.3) is 5.91 Å². The first-order valence-electron chi connectivity index (χ1n) is 5.69. The van der Waals surface area contributed by atoms with Crippen molar-refractivity contribution in [2.24, 2.45) is 5.92 Å². The molecule has 1 aliphatic carbocycles. The van der Waals surface area contributed by atoms with E-state index in [4.69, 9.17) is 0 Å². The number of fused-ring (bicyclic) bond motifs is 3. The Kier molecular flexibility index (Phi) is 1.57. The van der Waals surface area contributed by atoms with Crippen molar-refractivity contribution >= 4 is 23.0 Å². The van der Waals surface area contributed by atoms with Crippen LogP contribution in [0.15, 0.2) is 18.9 Å². The summed E-state index contributed by atoms with van der Waals surface area (Å²) in [6, 6.07) is 0. The van der Waals surface area contributed by atoms with E-state index in [0.717, 1.165) is 5.52 Å². The molecule has 0 spiro atoms. The van der Waals surface area contributed by atoms with E-state index in [1.807, 2.05) is 0 Å². The van der Waals surface area contributed by atoms with Gasteiger partial charge in [-0.1, -0.05) is 0 Å². The molecular weight excluding hydrogens is 234 g/mol. The summed E-state index contributed by atoms with van der Waals surface area (Å²) in [6.07, 6.45) is 5.74. The average molecular weight is 243 g/mol. The number of carbonyl (C=O) groups excluding carboxylic acids is 2. The second-order valence-electron chi connectivity index (χ2n) is 4.80. The molecule has 3 fully saturated rings. The molecule has 0 atom stereocenters. The minimum atomic E-state index is -0.683. The van der Waals surface area contributed by atoms with Gasteiger partial charge in [0.2, 0.25) is 5.91 Å². The molecule has 5 rings (SSSR count). The van der Waals surface area contributed by atoms with Gasteiger partial charge in [-0.2, -0.15) is 0 Å². The smallest absolute Gasteiger partial charge is 0.252 e. The predicted octanol–water partition coefficient (Wildman–Crippen LogP) is -0.412. The number of hydrogen-bond acceptors (Lipinski definition) is 5. The maximum absolute atomic E-state index is 12.1. The molecule has 0 aromatic carbocycles. The Labute approximate surface area is 101 Å². The molecule has 1 N–H and O–H groups in total. The first-order chi connectivity index (χ1) is 8.71. The SMILES string of the molecule is O=C1NC(=O)C2(n3cnc4ncncc43)CC1C2. The molecule has 18 heavy (non-hydrogen) atoms. The van der Waals surface area contributed by atoms with Crippen molar-refractivity contribution in [3.63, 3.8) is 0 Å². The van der Waals surface area contributed by atoms with Crippen molar-refractivity contribution in [2.75, 3.05) is 0 Å². The van der Waals surface area contributed by atoms with Gasteiger partial charge in [-0.3, -0.25) is 14.9 Å². The van der Waals surface area contributed by atoms with Crippen molar-refractivity contribution in [1.29, 1.82) is 0 Å². The molecule has 0 radical (unpaired) electrons. The average Bonchev–Trinajstić information content (AvgIpc) is 2.71. The maximum Gasteiger partial charge on any atom is 0.252 e. The van der Waals surface area contributed by atoms with Crippen molar-refractivity contribution in [2.45, 2.75) is 18.4 Å². The number of hydrogen-bond donors (Lipinski definition) is 1. The lowest BCUT2D eigenvalue weighted by atomic mass is 9.64. The number of imidazole rings is 1. The largest absolute Gasteiger partial charge is 0.312 e. The van der Waals surface area contributed by atoms with Crippen LogP contribution in [0.5, 0.6) is 0 Å². The Morgan fingerprint density at radius 1 is 1.33 bits per heavy atom. The number of rotatable bonds is 1. The normalized spacial score (nSPS) is 30.1. The predicted molar refractivity (Wildman–Crippen MR) is 59.2 cm³/mol. The zero-order chi connectivity index (χ0) is 12.3.